The molecule has 70 valence electrons. The average Bonchev–Trinajstić information content (AvgIpc) is 2.01. The fourth-order valence-corrected chi connectivity index (χ4v) is 1.55. The van der Waals surface area contributed by atoms with Gasteiger partial charge in [-0.2, -0.15) is 0 Å². The summed E-state index contributed by atoms with van der Waals surface area (Å²) in [4.78, 5) is 4.29. The lowest BCUT2D eigenvalue weighted by molar-refractivity contribution is 0.240. The summed E-state index contributed by atoms with van der Waals surface area (Å²) in [6.45, 7) is 4.83. The van der Waals surface area contributed by atoms with Crippen molar-refractivity contribution in [3.63, 3.8) is 0 Å². The number of halogens is 1. The summed E-state index contributed by atoms with van der Waals surface area (Å²) in [6.07, 6.45) is 0. The molecule has 0 aliphatic carbocycles. The monoisotopic (exact) mass is 242 g/mol. The van der Waals surface area contributed by atoms with Crippen LogP contribution in [0.25, 0.3) is 0 Å². The second-order valence-corrected chi connectivity index (χ2v) is 4.59. The molecular formula is C9H11BrN2O. The van der Waals surface area contributed by atoms with Crippen LogP contribution in [0, 0.1) is 0 Å². The molecule has 0 aromatic carbocycles. The van der Waals surface area contributed by atoms with Gasteiger partial charge in [-0.3, -0.25) is 0 Å². The van der Waals surface area contributed by atoms with E-state index in [1.54, 1.807) is 0 Å². The van der Waals surface area contributed by atoms with Gasteiger partial charge in [0.2, 0.25) is 0 Å². The highest BCUT2D eigenvalue weighted by Crippen LogP contribution is 2.31. The van der Waals surface area contributed by atoms with Gasteiger partial charge in [0, 0.05) is 0 Å². The van der Waals surface area contributed by atoms with Crippen molar-refractivity contribution in [2.45, 2.75) is 19.4 Å². The standard InChI is InChI=1S/C9H11BrN2O/c1-9(2)5-13-6-3-4-7(10)11-8(6)12-9/h3-4H,5H2,1-2H3,(H,11,12). The Kier molecular flexibility index (Phi) is 1.95. The summed E-state index contributed by atoms with van der Waals surface area (Å²) in [5.74, 6) is 1.63. The van der Waals surface area contributed by atoms with Crippen molar-refractivity contribution in [3.05, 3.63) is 16.7 Å². The molecule has 0 radical (unpaired) electrons. The molecule has 0 saturated carbocycles. The number of hydrogen-bond acceptors (Lipinski definition) is 3. The molecule has 0 spiro atoms. The number of anilines is 1. The topological polar surface area (TPSA) is 34.1 Å². The van der Waals surface area contributed by atoms with E-state index in [1.807, 2.05) is 12.1 Å². The van der Waals surface area contributed by atoms with E-state index in [-0.39, 0.29) is 5.54 Å². The molecule has 1 aromatic heterocycles. The molecule has 0 bridgehead atoms. The van der Waals surface area contributed by atoms with Crippen LogP contribution in [0.5, 0.6) is 5.75 Å². The van der Waals surface area contributed by atoms with Gasteiger partial charge in [-0.05, 0) is 41.9 Å². The number of pyridine rings is 1. The van der Waals surface area contributed by atoms with E-state index in [0.717, 1.165) is 16.2 Å². The van der Waals surface area contributed by atoms with E-state index >= 15 is 0 Å². The lowest BCUT2D eigenvalue weighted by Gasteiger charge is -2.32. The fourth-order valence-electron chi connectivity index (χ4n) is 1.24. The summed E-state index contributed by atoms with van der Waals surface area (Å²) in [5, 5.41) is 3.31. The Labute approximate surface area is 85.6 Å². The van der Waals surface area contributed by atoms with Crippen molar-refractivity contribution < 1.29 is 4.74 Å². The Morgan fingerprint density at radius 1 is 1.54 bits per heavy atom. The molecule has 3 nitrogen and oxygen atoms in total. The van der Waals surface area contributed by atoms with Crippen LogP contribution in [-0.2, 0) is 0 Å². The first-order valence-electron chi connectivity index (χ1n) is 4.14. The maximum atomic E-state index is 5.55. The van der Waals surface area contributed by atoms with Crippen LogP contribution in [0.1, 0.15) is 13.8 Å². The predicted molar refractivity (Wildman–Crippen MR) is 55.1 cm³/mol. The predicted octanol–water partition coefficient (Wildman–Crippen LogP) is 2.43. The number of hydrogen-bond donors (Lipinski definition) is 1. The largest absolute Gasteiger partial charge is 0.487 e. The third-order valence-electron chi connectivity index (χ3n) is 1.87. The molecule has 0 amide bonds. The number of ether oxygens (including phenoxy) is 1. The van der Waals surface area contributed by atoms with Gasteiger partial charge in [-0.15, -0.1) is 0 Å². The maximum Gasteiger partial charge on any atom is 0.170 e. The molecule has 0 atom stereocenters. The number of fused-ring (bicyclic) bond motifs is 1. The van der Waals surface area contributed by atoms with Crippen LogP contribution in [0.4, 0.5) is 5.82 Å². The molecule has 1 aliphatic rings. The Morgan fingerprint density at radius 3 is 3.08 bits per heavy atom. The molecule has 4 heteroatoms. The summed E-state index contributed by atoms with van der Waals surface area (Å²) in [5.41, 5.74) is -0.0409. The number of nitrogens with zero attached hydrogens (tertiary/aromatic N) is 1. The number of rotatable bonds is 0. The number of nitrogens with one attached hydrogen (secondary N) is 1. The Bertz CT molecular complexity index is 338. The van der Waals surface area contributed by atoms with E-state index in [0.29, 0.717) is 6.61 Å². The lowest BCUT2D eigenvalue weighted by atomic mass is 10.1. The third-order valence-corrected chi connectivity index (χ3v) is 2.31. The Hall–Kier alpha value is -0.770. The number of aromatic nitrogens is 1. The average molecular weight is 243 g/mol. The molecule has 1 N–H and O–H groups in total. The second kappa shape index (κ2) is 2.87. The molecule has 0 fully saturated rings. The van der Waals surface area contributed by atoms with Crippen LogP contribution in [0.3, 0.4) is 0 Å². The second-order valence-electron chi connectivity index (χ2n) is 3.78. The highest BCUT2D eigenvalue weighted by atomic mass is 79.9. The highest BCUT2D eigenvalue weighted by molar-refractivity contribution is 9.10. The zero-order valence-corrected chi connectivity index (χ0v) is 9.18. The molecule has 13 heavy (non-hydrogen) atoms. The van der Waals surface area contributed by atoms with Crippen molar-refractivity contribution in [2.75, 3.05) is 11.9 Å². The molecular weight excluding hydrogens is 232 g/mol. The Morgan fingerprint density at radius 2 is 2.31 bits per heavy atom. The van der Waals surface area contributed by atoms with Crippen molar-refractivity contribution in [1.29, 1.82) is 0 Å². The summed E-state index contributed by atoms with van der Waals surface area (Å²) >= 11 is 3.32. The third kappa shape index (κ3) is 1.77. The van der Waals surface area contributed by atoms with Crippen LogP contribution < -0.4 is 10.1 Å². The van der Waals surface area contributed by atoms with Gasteiger partial charge in [0.25, 0.3) is 0 Å². The normalized spacial score (nSPS) is 18.4. The van der Waals surface area contributed by atoms with Gasteiger partial charge >= 0.3 is 0 Å². The van der Waals surface area contributed by atoms with Crippen LogP contribution in [0.2, 0.25) is 0 Å². The molecule has 1 aromatic rings. The van der Waals surface area contributed by atoms with E-state index in [4.69, 9.17) is 4.74 Å². The van der Waals surface area contributed by atoms with Gasteiger partial charge in [0.1, 0.15) is 11.2 Å². The lowest BCUT2D eigenvalue weighted by Crippen LogP contribution is -2.41. The quantitative estimate of drug-likeness (QED) is 0.710. The van der Waals surface area contributed by atoms with Crippen LogP contribution in [0.15, 0.2) is 16.7 Å². The van der Waals surface area contributed by atoms with Gasteiger partial charge in [-0.1, -0.05) is 0 Å². The summed E-state index contributed by atoms with van der Waals surface area (Å²) in [7, 11) is 0. The summed E-state index contributed by atoms with van der Waals surface area (Å²) < 4.78 is 6.37. The summed E-state index contributed by atoms with van der Waals surface area (Å²) in [6, 6.07) is 3.79. The molecule has 0 unspecified atom stereocenters. The molecule has 2 rings (SSSR count). The smallest absolute Gasteiger partial charge is 0.170 e. The Balaban J connectivity index is 2.38. The molecule has 0 saturated heterocycles. The van der Waals surface area contributed by atoms with Crippen molar-refractivity contribution in [1.82, 2.24) is 4.98 Å². The minimum absolute atomic E-state index is 0.0409. The first kappa shape index (κ1) is 8.81. The van der Waals surface area contributed by atoms with Crippen molar-refractivity contribution in [3.8, 4) is 5.75 Å². The van der Waals surface area contributed by atoms with Crippen LogP contribution in [-0.4, -0.2) is 17.1 Å². The zero-order chi connectivity index (χ0) is 9.47. The van der Waals surface area contributed by atoms with Gasteiger partial charge < -0.3 is 10.1 Å². The van der Waals surface area contributed by atoms with Crippen LogP contribution >= 0.6 is 15.9 Å². The molecule has 2 heterocycles. The first-order valence-corrected chi connectivity index (χ1v) is 4.94. The maximum absolute atomic E-state index is 5.55. The van der Waals surface area contributed by atoms with Gasteiger partial charge in [-0.25, -0.2) is 4.98 Å². The van der Waals surface area contributed by atoms with Crippen molar-refractivity contribution >= 4 is 21.7 Å². The van der Waals surface area contributed by atoms with E-state index in [1.165, 1.54) is 0 Å². The fraction of sp³-hybridized carbons (Fsp3) is 0.444. The van der Waals surface area contributed by atoms with E-state index in [9.17, 15) is 0 Å². The minimum atomic E-state index is -0.0409. The van der Waals surface area contributed by atoms with E-state index < -0.39 is 0 Å². The SMILES string of the molecule is CC1(C)COc2ccc(Br)nc2N1. The molecule has 1 aliphatic heterocycles. The van der Waals surface area contributed by atoms with Crippen molar-refractivity contribution in [2.24, 2.45) is 0 Å². The first-order chi connectivity index (χ1) is 6.07. The van der Waals surface area contributed by atoms with Gasteiger partial charge in [0.05, 0.1) is 5.54 Å². The van der Waals surface area contributed by atoms with Gasteiger partial charge in [0.15, 0.2) is 11.6 Å². The highest BCUT2D eigenvalue weighted by Gasteiger charge is 2.26. The zero-order valence-electron chi connectivity index (χ0n) is 7.60. The minimum Gasteiger partial charge on any atom is -0.487 e. The van der Waals surface area contributed by atoms with E-state index in [2.05, 4.69) is 40.1 Å².